The Hall–Kier alpha value is -3.08. The molecule has 0 aliphatic carbocycles. The molecule has 0 unspecified atom stereocenters. The van der Waals surface area contributed by atoms with Crippen LogP contribution in [-0.4, -0.2) is 84.7 Å². The summed E-state index contributed by atoms with van der Waals surface area (Å²) in [6.07, 6.45) is 1.73. The number of nitrogens with one attached hydrogen (secondary N) is 3. The van der Waals surface area contributed by atoms with Gasteiger partial charge in [-0.1, -0.05) is 0 Å². The molecule has 2 aromatic rings. The van der Waals surface area contributed by atoms with Gasteiger partial charge in [0.25, 0.3) is 0 Å². The summed E-state index contributed by atoms with van der Waals surface area (Å²) >= 11 is -1.20. The summed E-state index contributed by atoms with van der Waals surface area (Å²) in [5, 5.41) is 16.7. The summed E-state index contributed by atoms with van der Waals surface area (Å²) in [6, 6.07) is 10.8. The molecular weight excluding hydrogens is 575 g/mol. The number of carbonyl (C=O) groups excluding carboxylic acids is 2. The van der Waals surface area contributed by atoms with Crippen molar-refractivity contribution >= 4 is 42.3 Å². The van der Waals surface area contributed by atoms with Crippen molar-refractivity contribution in [2.75, 3.05) is 32.8 Å². The van der Waals surface area contributed by atoms with Crippen molar-refractivity contribution in [3.05, 3.63) is 54.1 Å². The zero-order valence-electron chi connectivity index (χ0n) is 21.1. The molecule has 11 nitrogen and oxygen atoms in total. The van der Waals surface area contributed by atoms with Crippen LogP contribution < -0.4 is 20.1 Å². The molecule has 0 bridgehead atoms. The number of esters is 1. The van der Waals surface area contributed by atoms with Crippen LogP contribution in [0.15, 0.2) is 58.4 Å². The Kier molecular flexibility index (Phi) is 11.4. The molecule has 0 spiro atoms. The maximum atomic E-state index is 12.8. The van der Waals surface area contributed by atoms with Gasteiger partial charge in [0.1, 0.15) is 0 Å². The second-order valence-electron chi connectivity index (χ2n) is 8.20. The fourth-order valence-corrected chi connectivity index (χ4v) is 6.88. The summed E-state index contributed by atoms with van der Waals surface area (Å²) in [5.74, 6) is 0.212. The molecule has 1 atom stereocenters. The maximum absolute atomic E-state index is 12.8. The summed E-state index contributed by atoms with van der Waals surface area (Å²) in [5.41, 5.74) is 0.0916. The number of carbonyl (C=O) groups is 2. The number of nitrogens with zero attached hydrogens (tertiary/aromatic N) is 1. The third kappa shape index (κ3) is 9.04. The summed E-state index contributed by atoms with van der Waals surface area (Å²) in [4.78, 5) is 29.6. The van der Waals surface area contributed by atoms with Crippen LogP contribution in [0.25, 0.3) is 0 Å². The van der Waals surface area contributed by atoms with Crippen molar-refractivity contribution in [1.29, 1.82) is 0 Å². The van der Waals surface area contributed by atoms with Crippen molar-refractivity contribution in [1.82, 2.24) is 15.4 Å². The summed E-state index contributed by atoms with van der Waals surface area (Å²) in [7, 11) is -4.00. The second kappa shape index (κ2) is 14.8. The van der Waals surface area contributed by atoms with Gasteiger partial charge in [-0.15, -0.1) is 0 Å². The van der Waals surface area contributed by atoms with Gasteiger partial charge < -0.3 is 0 Å². The van der Waals surface area contributed by atoms with E-state index in [1.807, 2.05) is 0 Å². The van der Waals surface area contributed by atoms with Gasteiger partial charge in [-0.05, 0) is 6.42 Å². The SMILES string of the molecule is CCOC(=O)[C@@H](C[As]C(=O)c1ccc(OCCCNC2=NCCCN2)cc1O)NS(=O)(=O)c1ccccc1. The Labute approximate surface area is 229 Å². The minimum absolute atomic E-state index is 0.000275. The number of aliphatic imine (C=N–C) groups is 1. The molecule has 1 radical (unpaired) electrons. The molecule has 0 saturated carbocycles. The summed E-state index contributed by atoms with van der Waals surface area (Å²) in [6.45, 7) is 4.47. The number of benzene rings is 2. The fraction of sp³-hybridized carbons (Fsp3) is 0.400. The zero-order chi connectivity index (χ0) is 27.4. The number of rotatable bonds is 14. The molecule has 38 heavy (non-hydrogen) atoms. The first-order chi connectivity index (χ1) is 18.3. The van der Waals surface area contributed by atoms with Crippen molar-refractivity contribution in [2.45, 2.75) is 35.9 Å². The topological polar surface area (TPSA) is 155 Å². The van der Waals surface area contributed by atoms with E-state index < -0.39 is 37.8 Å². The third-order valence-corrected chi connectivity index (χ3v) is 9.06. The molecule has 1 heterocycles. The number of phenols is 1. The van der Waals surface area contributed by atoms with Crippen molar-refractivity contribution < 1.29 is 32.6 Å². The van der Waals surface area contributed by atoms with Crippen LogP contribution in [0.5, 0.6) is 11.5 Å². The third-order valence-electron chi connectivity index (χ3n) is 5.32. The van der Waals surface area contributed by atoms with Crippen LogP contribution >= 0.6 is 0 Å². The van der Waals surface area contributed by atoms with Crippen LogP contribution in [-0.2, 0) is 19.6 Å². The van der Waals surface area contributed by atoms with Crippen LogP contribution in [0, 0.1) is 0 Å². The average molecular weight is 608 g/mol. The Morgan fingerprint density at radius 2 is 2.00 bits per heavy atom. The molecule has 13 heteroatoms. The van der Waals surface area contributed by atoms with E-state index in [2.05, 4.69) is 20.3 Å². The number of phenolic OH excluding ortho intramolecular Hbond substituents is 1. The van der Waals surface area contributed by atoms with Crippen LogP contribution in [0.3, 0.4) is 0 Å². The van der Waals surface area contributed by atoms with Crippen LogP contribution in [0.1, 0.15) is 30.1 Å². The summed E-state index contributed by atoms with van der Waals surface area (Å²) < 4.78 is 38.1. The normalized spacial score (nSPS) is 14.4. The predicted molar refractivity (Wildman–Crippen MR) is 143 cm³/mol. The molecule has 205 valence electrons. The molecule has 1 aliphatic heterocycles. The predicted octanol–water partition coefficient (Wildman–Crippen LogP) is 1.27. The first-order valence-electron chi connectivity index (χ1n) is 12.2. The van der Waals surface area contributed by atoms with E-state index in [0.29, 0.717) is 25.3 Å². The van der Waals surface area contributed by atoms with Crippen molar-refractivity contribution in [2.24, 2.45) is 4.99 Å². The molecule has 3 rings (SSSR count). The van der Waals surface area contributed by atoms with E-state index in [-0.39, 0.29) is 32.6 Å². The van der Waals surface area contributed by atoms with Gasteiger partial charge in [0.05, 0.1) is 0 Å². The molecule has 0 aromatic heterocycles. The molecule has 0 fully saturated rings. The fourth-order valence-electron chi connectivity index (χ4n) is 3.42. The molecule has 2 aromatic carbocycles. The van der Waals surface area contributed by atoms with Gasteiger partial charge in [-0.2, -0.15) is 0 Å². The average Bonchev–Trinajstić information content (AvgIpc) is 2.92. The second-order valence-corrected chi connectivity index (χ2v) is 12.2. The van der Waals surface area contributed by atoms with E-state index in [9.17, 15) is 23.1 Å². The van der Waals surface area contributed by atoms with Crippen LogP contribution in [0.4, 0.5) is 0 Å². The first kappa shape index (κ1) is 29.5. The van der Waals surface area contributed by atoms with E-state index in [1.54, 1.807) is 31.2 Å². The van der Waals surface area contributed by atoms with Gasteiger partial charge in [-0.25, -0.2) is 0 Å². The molecule has 1 aliphatic rings. The number of hydrogen-bond acceptors (Lipinski definition) is 10. The molecular formula is C25H32AsN4O7S. The van der Waals surface area contributed by atoms with Gasteiger partial charge in [0.2, 0.25) is 0 Å². The van der Waals surface area contributed by atoms with Gasteiger partial charge >= 0.3 is 210 Å². The number of guanidine groups is 1. The molecule has 4 N–H and O–H groups in total. The number of hydrogen-bond donors (Lipinski definition) is 4. The quantitative estimate of drug-likeness (QED) is 0.141. The zero-order valence-corrected chi connectivity index (χ0v) is 23.7. The molecule has 0 amide bonds. The Bertz CT molecular complexity index is 1230. The standard InChI is InChI=1S/C25H32AsN4O7S/c1-2-36-24(33)21(30-38(34,35)19-8-4-3-5-9-19)17-26-23(32)20-11-10-18(16-22(20)31)37-15-7-14-29-25-27-12-6-13-28-25/h3-5,8-11,16,21,30-31H,2,6-7,12-15,17H2,1H3,(H2,27,28,29)/t21-/m1/s1. The number of aromatic hydroxyl groups is 1. The number of sulfonamides is 1. The van der Waals surface area contributed by atoms with Crippen LogP contribution in [0.2, 0.25) is 5.21 Å². The van der Waals surface area contributed by atoms with E-state index in [4.69, 9.17) is 9.47 Å². The Balaban J connectivity index is 1.53. The Morgan fingerprint density at radius 1 is 1.21 bits per heavy atom. The number of ether oxygens (including phenoxy) is 2. The van der Waals surface area contributed by atoms with E-state index in [1.165, 1.54) is 24.3 Å². The monoisotopic (exact) mass is 607 g/mol. The Morgan fingerprint density at radius 3 is 2.68 bits per heavy atom. The van der Waals surface area contributed by atoms with E-state index >= 15 is 0 Å². The first-order valence-corrected chi connectivity index (χ1v) is 16.0. The van der Waals surface area contributed by atoms with E-state index in [0.717, 1.165) is 25.5 Å². The molecule has 0 saturated heterocycles. The van der Waals surface area contributed by atoms with Gasteiger partial charge in [0, 0.05) is 13.1 Å². The van der Waals surface area contributed by atoms with Gasteiger partial charge in [-0.3, -0.25) is 0 Å². The minimum atomic E-state index is -4.00. The van der Waals surface area contributed by atoms with Gasteiger partial charge in [0.15, 0.2) is 0 Å². The van der Waals surface area contributed by atoms with Crippen molar-refractivity contribution in [3.8, 4) is 11.5 Å². The van der Waals surface area contributed by atoms with Crippen molar-refractivity contribution in [3.63, 3.8) is 0 Å².